The average Bonchev–Trinajstić information content (AvgIpc) is 1.95. The van der Waals surface area contributed by atoms with Crippen molar-refractivity contribution in [2.24, 2.45) is 5.11 Å². The largest absolute Gasteiger partial charge is 0.414 e. The monoisotopic (exact) mass is 251 g/mol. The van der Waals surface area contributed by atoms with E-state index in [0.717, 1.165) is 5.33 Å². The highest BCUT2D eigenvalue weighted by Gasteiger charge is 2.19. The molecule has 0 aromatic rings. The maximum Gasteiger partial charge on any atom is 0.184 e. The van der Waals surface area contributed by atoms with Gasteiger partial charge in [-0.2, -0.15) is 0 Å². The Morgan fingerprint density at radius 1 is 1.58 bits per heavy atom. The van der Waals surface area contributed by atoms with Crippen molar-refractivity contribution in [3.8, 4) is 0 Å². The van der Waals surface area contributed by atoms with Gasteiger partial charge in [-0.3, -0.25) is 0 Å². The maximum atomic E-state index is 8.11. The summed E-state index contributed by atoms with van der Waals surface area (Å²) in [5, 5.41) is 4.19. The minimum Gasteiger partial charge on any atom is -0.414 e. The minimum atomic E-state index is -1.50. The van der Waals surface area contributed by atoms with Crippen LogP contribution in [0.15, 0.2) is 5.11 Å². The predicted molar refractivity (Wildman–Crippen MR) is 56.0 cm³/mol. The van der Waals surface area contributed by atoms with Crippen molar-refractivity contribution in [1.29, 1.82) is 0 Å². The lowest BCUT2D eigenvalue weighted by molar-refractivity contribution is 0.228. The molecule has 0 radical (unpaired) electrons. The van der Waals surface area contributed by atoms with Crippen LogP contribution in [0.4, 0.5) is 0 Å². The Kier molecular flexibility index (Phi) is 5.57. The molecule has 0 aliphatic carbocycles. The molecule has 1 unspecified atom stereocenters. The number of hydrogen-bond donors (Lipinski definition) is 0. The molecule has 0 rings (SSSR count). The summed E-state index contributed by atoms with van der Waals surface area (Å²) in [5.74, 6) is 0. The summed E-state index contributed by atoms with van der Waals surface area (Å²) in [6, 6.07) is 0. The molecule has 0 aliphatic heterocycles. The molecule has 0 spiro atoms. The zero-order chi connectivity index (χ0) is 9.61. The summed E-state index contributed by atoms with van der Waals surface area (Å²) in [7, 11) is -1.50. The van der Waals surface area contributed by atoms with Crippen molar-refractivity contribution in [2.75, 3.05) is 11.9 Å². The van der Waals surface area contributed by atoms with Crippen LogP contribution in [-0.2, 0) is 4.43 Å². The van der Waals surface area contributed by atoms with Crippen molar-refractivity contribution in [2.45, 2.75) is 25.7 Å². The smallest absolute Gasteiger partial charge is 0.184 e. The van der Waals surface area contributed by atoms with Gasteiger partial charge in [0.25, 0.3) is 0 Å². The topological polar surface area (TPSA) is 58.0 Å². The Hall–Kier alpha value is -0.0331. The van der Waals surface area contributed by atoms with Gasteiger partial charge >= 0.3 is 0 Å². The van der Waals surface area contributed by atoms with Gasteiger partial charge < -0.3 is 4.43 Å². The molecule has 0 heterocycles. The first kappa shape index (κ1) is 12.0. The highest BCUT2D eigenvalue weighted by atomic mass is 79.9. The van der Waals surface area contributed by atoms with Gasteiger partial charge in [-0.15, -0.1) is 0 Å². The zero-order valence-corrected chi connectivity index (χ0v) is 10.2. The Bertz CT molecular complexity index is 176. The van der Waals surface area contributed by atoms with Crippen LogP contribution in [0.5, 0.6) is 0 Å². The van der Waals surface area contributed by atoms with Gasteiger partial charge in [-0.25, -0.2) is 0 Å². The number of azide groups is 1. The zero-order valence-electron chi connectivity index (χ0n) is 7.62. The van der Waals surface area contributed by atoms with Crippen LogP contribution in [0.1, 0.15) is 0 Å². The molecule has 0 aromatic carbocycles. The highest BCUT2D eigenvalue weighted by molar-refractivity contribution is 9.09. The molecule has 0 saturated heterocycles. The second-order valence-electron chi connectivity index (χ2n) is 3.42. The van der Waals surface area contributed by atoms with Crippen molar-refractivity contribution in [3.05, 3.63) is 10.4 Å². The second kappa shape index (κ2) is 5.58. The molecule has 0 N–H and O–H groups in total. The van der Waals surface area contributed by atoms with Crippen molar-refractivity contribution in [1.82, 2.24) is 0 Å². The Labute approximate surface area is 82.2 Å². The van der Waals surface area contributed by atoms with Crippen molar-refractivity contribution >= 4 is 24.2 Å². The summed E-state index contributed by atoms with van der Waals surface area (Å²) in [4.78, 5) is 2.69. The van der Waals surface area contributed by atoms with E-state index in [2.05, 4.69) is 45.6 Å². The Morgan fingerprint density at radius 3 is 2.50 bits per heavy atom. The van der Waals surface area contributed by atoms with Gasteiger partial charge in [0.15, 0.2) is 8.32 Å². The van der Waals surface area contributed by atoms with Crippen LogP contribution in [-0.4, -0.2) is 26.3 Å². The van der Waals surface area contributed by atoms with Crippen LogP contribution >= 0.6 is 15.9 Å². The third-order valence-electron chi connectivity index (χ3n) is 1.04. The van der Waals surface area contributed by atoms with E-state index in [0.29, 0.717) is 6.54 Å². The van der Waals surface area contributed by atoms with Crippen LogP contribution < -0.4 is 0 Å². The van der Waals surface area contributed by atoms with E-state index in [4.69, 9.17) is 9.96 Å². The Morgan fingerprint density at radius 2 is 2.17 bits per heavy atom. The van der Waals surface area contributed by atoms with Crippen LogP contribution in [0.3, 0.4) is 0 Å². The van der Waals surface area contributed by atoms with Crippen molar-refractivity contribution in [3.63, 3.8) is 0 Å². The molecule has 0 bridgehead atoms. The van der Waals surface area contributed by atoms with E-state index in [1.165, 1.54) is 0 Å². The quantitative estimate of drug-likeness (QED) is 0.244. The SMILES string of the molecule is C[Si](C)(C)OC(CBr)CN=[N+]=[N-]. The van der Waals surface area contributed by atoms with Crippen LogP contribution in [0.2, 0.25) is 19.6 Å². The van der Waals surface area contributed by atoms with Gasteiger partial charge in [-0.05, 0) is 25.2 Å². The van der Waals surface area contributed by atoms with E-state index in [1.807, 2.05) is 0 Å². The van der Waals surface area contributed by atoms with Crippen LogP contribution in [0, 0.1) is 0 Å². The molecule has 12 heavy (non-hydrogen) atoms. The predicted octanol–water partition coefficient (Wildman–Crippen LogP) is 2.91. The number of nitrogens with zero attached hydrogens (tertiary/aromatic N) is 3. The lowest BCUT2D eigenvalue weighted by Gasteiger charge is -2.23. The molecule has 0 fully saturated rings. The number of halogens is 1. The van der Waals surface area contributed by atoms with E-state index in [-0.39, 0.29) is 6.10 Å². The maximum absolute atomic E-state index is 8.11. The van der Waals surface area contributed by atoms with Gasteiger partial charge in [0.1, 0.15) is 0 Å². The lowest BCUT2D eigenvalue weighted by atomic mass is 10.4. The third-order valence-corrected chi connectivity index (χ3v) is 2.80. The van der Waals surface area contributed by atoms with E-state index in [1.54, 1.807) is 0 Å². The molecule has 6 heteroatoms. The average molecular weight is 252 g/mol. The van der Waals surface area contributed by atoms with Gasteiger partial charge in [-0.1, -0.05) is 21.0 Å². The normalized spacial score (nSPS) is 13.7. The molecule has 0 amide bonds. The van der Waals surface area contributed by atoms with Gasteiger partial charge in [0.05, 0.1) is 12.6 Å². The third kappa shape index (κ3) is 6.66. The fraction of sp³-hybridized carbons (Fsp3) is 1.00. The number of alkyl halides is 1. The first-order valence-corrected chi connectivity index (χ1v) is 8.27. The van der Waals surface area contributed by atoms with E-state index < -0.39 is 8.32 Å². The standard InChI is InChI=1S/C6H14BrN3OSi/c1-12(2,3)11-6(4-7)5-9-10-8/h6H,4-5H2,1-3H3. The van der Waals surface area contributed by atoms with Crippen LogP contribution in [0.25, 0.3) is 10.4 Å². The molecule has 0 aromatic heterocycles. The fourth-order valence-corrected chi connectivity index (χ4v) is 2.48. The summed E-state index contributed by atoms with van der Waals surface area (Å²) >= 11 is 3.31. The second-order valence-corrected chi connectivity index (χ2v) is 8.53. The molecule has 70 valence electrons. The van der Waals surface area contributed by atoms with E-state index >= 15 is 0 Å². The van der Waals surface area contributed by atoms with Gasteiger partial charge in [0, 0.05) is 10.2 Å². The fourth-order valence-electron chi connectivity index (χ4n) is 0.745. The highest BCUT2D eigenvalue weighted by Crippen LogP contribution is 2.09. The molecular weight excluding hydrogens is 238 g/mol. The summed E-state index contributed by atoms with van der Waals surface area (Å²) in [6.45, 7) is 6.74. The summed E-state index contributed by atoms with van der Waals surface area (Å²) in [6.07, 6.45) is 0.0209. The first-order chi connectivity index (χ1) is 5.49. The van der Waals surface area contributed by atoms with Crippen molar-refractivity contribution < 1.29 is 4.43 Å². The number of rotatable bonds is 5. The molecule has 1 atom stereocenters. The molecule has 4 nitrogen and oxygen atoms in total. The van der Waals surface area contributed by atoms with Gasteiger partial charge in [0.2, 0.25) is 0 Å². The molecular formula is C6H14BrN3OSi. The Balaban J connectivity index is 3.91. The summed E-state index contributed by atoms with van der Waals surface area (Å²) in [5.41, 5.74) is 8.11. The lowest BCUT2D eigenvalue weighted by Crippen LogP contribution is -2.34. The first-order valence-electron chi connectivity index (χ1n) is 3.74. The number of hydrogen-bond acceptors (Lipinski definition) is 2. The minimum absolute atomic E-state index is 0.0209. The molecule has 0 saturated carbocycles. The molecule has 0 aliphatic rings. The van der Waals surface area contributed by atoms with E-state index in [9.17, 15) is 0 Å². The summed E-state index contributed by atoms with van der Waals surface area (Å²) < 4.78 is 5.72.